The van der Waals surface area contributed by atoms with Crippen molar-refractivity contribution in [2.45, 2.75) is 31.8 Å². The molecule has 2 N–H and O–H groups in total. The van der Waals surface area contributed by atoms with Crippen LogP contribution in [0.1, 0.15) is 31.4 Å². The van der Waals surface area contributed by atoms with Gasteiger partial charge in [0.15, 0.2) is 0 Å². The van der Waals surface area contributed by atoms with Crippen LogP contribution in [0.5, 0.6) is 0 Å². The van der Waals surface area contributed by atoms with Crippen LogP contribution in [0.2, 0.25) is 0 Å². The number of hydrogen-bond donors (Lipinski definition) is 2. The average molecular weight is 374 g/mol. The van der Waals surface area contributed by atoms with Gasteiger partial charge in [-0.05, 0) is 36.1 Å². The molecule has 1 saturated carbocycles. The van der Waals surface area contributed by atoms with Gasteiger partial charge in [0.1, 0.15) is 0 Å². The van der Waals surface area contributed by atoms with Crippen molar-refractivity contribution in [3.8, 4) is 0 Å². The van der Waals surface area contributed by atoms with E-state index in [-0.39, 0.29) is 18.3 Å². The van der Waals surface area contributed by atoms with E-state index in [1.807, 2.05) is 4.90 Å². The van der Waals surface area contributed by atoms with E-state index in [2.05, 4.69) is 60.0 Å². The highest BCUT2D eigenvalue weighted by Gasteiger charge is 2.37. The van der Waals surface area contributed by atoms with Crippen LogP contribution in [0, 0.1) is 5.92 Å². The fourth-order valence-corrected chi connectivity index (χ4v) is 4.17. The van der Waals surface area contributed by atoms with E-state index in [1.54, 1.807) is 0 Å². The number of carbonyl (C=O) groups is 1. The lowest BCUT2D eigenvalue weighted by Gasteiger charge is -2.40. The predicted octanol–water partition coefficient (Wildman–Crippen LogP) is 3.12. The molecule has 26 heavy (non-hydrogen) atoms. The lowest BCUT2D eigenvalue weighted by Crippen LogP contribution is -2.53. The van der Waals surface area contributed by atoms with Gasteiger partial charge in [0.2, 0.25) is 5.91 Å². The SMILES string of the molecule is C[C@@H](NC1CC(C(=O)N2CCNCC2)C1)c1cccc2ccccc12.Cl. The zero-order chi connectivity index (χ0) is 17.2. The van der Waals surface area contributed by atoms with Gasteiger partial charge in [-0.3, -0.25) is 4.79 Å². The Morgan fingerprint density at radius 2 is 1.81 bits per heavy atom. The van der Waals surface area contributed by atoms with Gasteiger partial charge in [-0.25, -0.2) is 0 Å². The van der Waals surface area contributed by atoms with Gasteiger partial charge in [-0.15, -0.1) is 12.4 Å². The van der Waals surface area contributed by atoms with E-state index in [0.29, 0.717) is 18.0 Å². The van der Waals surface area contributed by atoms with Crippen LogP contribution in [0.4, 0.5) is 0 Å². The molecular formula is C21H28ClN3O. The number of carbonyl (C=O) groups excluding carboxylic acids is 1. The van der Waals surface area contributed by atoms with Crippen molar-refractivity contribution in [3.63, 3.8) is 0 Å². The maximum atomic E-state index is 12.5. The summed E-state index contributed by atoms with van der Waals surface area (Å²) in [7, 11) is 0. The quantitative estimate of drug-likeness (QED) is 0.865. The minimum Gasteiger partial charge on any atom is -0.340 e. The number of halogens is 1. The van der Waals surface area contributed by atoms with E-state index in [9.17, 15) is 4.79 Å². The summed E-state index contributed by atoms with van der Waals surface area (Å²) in [6.07, 6.45) is 1.94. The monoisotopic (exact) mass is 373 g/mol. The van der Waals surface area contributed by atoms with Crippen molar-refractivity contribution in [1.29, 1.82) is 0 Å². The first-order valence-corrected chi connectivity index (χ1v) is 9.45. The Hall–Kier alpha value is -1.62. The van der Waals surface area contributed by atoms with Gasteiger partial charge in [-0.1, -0.05) is 42.5 Å². The Morgan fingerprint density at radius 1 is 1.12 bits per heavy atom. The van der Waals surface area contributed by atoms with Gasteiger partial charge in [0, 0.05) is 44.2 Å². The molecular weight excluding hydrogens is 346 g/mol. The highest BCUT2D eigenvalue weighted by atomic mass is 35.5. The molecule has 2 fully saturated rings. The summed E-state index contributed by atoms with van der Waals surface area (Å²) in [5.74, 6) is 0.577. The first-order chi connectivity index (χ1) is 12.2. The second-order valence-corrected chi connectivity index (χ2v) is 7.40. The molecule has 2 aromatic rings. The highest BCUT2D eigenvalue weighted by molar-refractivity contribution is 5.86. The van der Waals surface area contributed by atoms with Crippen molar-refractivity contribution in [2.75, 3.05) is 26.2 Å². The standard InChI is InChI=1S/C21H27N3O.ClH/c1-15(19-8-4-6-16-5-2-3-7-20(16)19)23-18-13-17(14-18)21(25)24-11-9-22-10-12-24;/h2-8,15,17-18,22-23H,9-14H2,1H3;1H/t15-,17?,18?;/m1./s1. The summed E-state index contributed by atoms with van der Waals surface area (Å²) in [6, 6.07) is 15.8. The fraction of sp³-hybridized carbons (Fsp3) is 0.476. The molecule has 0 bridgehead atoms. The number of rotatable bonds is 4. The first kappa shape index (κ1) is 19.2. The summed E-state index contributed by atoms with van der Waals surface area (Å²) in [6.45, 7) is 5.81. The van der Waals surface area contributed by atoms with E-state index < -0.39 is 0 Å². The summed E-state index contributed by atoms with van der Waals surface area (Å²) >= 11 is 0. The average Bonchev–Trinajstić information content (AvgIpc) is 2.64. The molecule has 1 saturated heterocycles. The van der Waals surface area contributed by atoms with Crippen LogP contribution in [-0.2, 0) is 4.79 Å². The third kappa shape index (κ3) is 3.88. The summed E-state index contributed by atoms with van der Waals surface area (Å²) in [5, 5.41) is 9.64. The molecule has 1 aliphatic carbocycles. The van der Waals surface area contributed by atoms with Gasteiger partial charge in [-0.2, -0.15) is 0 Å². The molecule has 0 spiro atoms. The van der Waals surface area contributed by atoms with Gasteiger partial charge in [0.25, 0.3) is 0 Å². The summed E-state index contributed by atoms with van der Waals surface area (Å²) < 4.78 is 0. The molecule has 2 aliphatic rings. The Labute approximate surface area is 161 Å². The molecule has 5 heteroatoms. The predicted molar refractivity (Wildman–Crippen MR) is 109 cm³/mol. The molecule has 140 valence electrons. The maximum absolute atomic E-state index is 12.5. The van der Waals surface area contributed by atoms with Crippen molar-refractivity contribution < 1.29 is 4.79 Å². The minimum atomic E-state index is 0. The van der Waals surface area contributed by atoms with E-state index in [1.165, 1.54) is 16.3 Å². The smallest absolute Gasteiger partial charge is 0.225 e. The Kier molecular flexibility index (Phi) is 6.17. The van der Waals surface area contributed by atoms with Crippen molar-refractivity contribution in [1.82, 2.24) is 15.5 Å². The Bertz CT molecular complexity index is 749. The van der Waals surface area contributed by atoms with Crippen LogP contribution >= 0.6 is 12.4 Å². The van der Waals surface area contributed by atoms with E-state index >= 15 is 0 Å². The fourth-order valence-electron chi connectivity index (χ4n) is 4.17. The first-order valence-electron chi connectivity index (χ1n) is 9.45. The number of amides is 1. The molecule has 1 atom stereocenters. The van der Waals surface area contributed by atoms with Crippen LogP contribution in [0.15, 0.2) is 42.5 Å². The number of fused-ring (bicyclic) bond motifs is 1. The van der Waals surface area contributed by atoms with E-state index in [0.717, 1.165) is 39.0 Å². The van der Waals surface area contributed by atoms with Crippen LogP contribution in [0.3, 0.4) is 0 Å². The third-order valence-electron chi connectivity index (χ3n) is 5.69. The lowest BCUT2D eigenvalue weighted by atomic mass is 9.78. The number of benzene rings is 2. The molecule has 2 aromatic carbocycles. The summed E-state index contributed by atoms with van der Waals surface area (Å²) in [5.41, 5.74) is 1.34. The molecule has 0 radical (unpaired) electrons. The van der Waals surface area contributed by atoms with Crippen molar-refractivity contribution in [3.05, 3.63) is 48.0 Å². The zero-order valence-electron chi connectivity index (χ0n) is 15.3. The molecule has 1 amide bonds. The molecule has 1 aliphatic heterocycles. The summed E-state index contributed by atoms with van der Waals surface area (Å²) in [4.78, 5) is 14.6. The highest BCUT2D eigenvalue weighted by Crippen LogP contribution is 2.32. The van der Waals surface area contributed by atoms with Gasteiger partial charge in [0.05, 0.1) is 0 Å². The molecule has 4 rings (SSSR count). The molecule has 0 aromatic heterocycles. The number of nitrogens with zero attached hydrogens (tertiary/aromatic N) is 1. The number of piperazine rings is 1. The molecule has 0 unspecified atom stereocenters. The lowest BCUT2D eigenvalue weighted by molar-refractivity contribution is -0.139. The van der Waals surface area contributed by atoms with Crippen molar-refractivity contribution in [2.24, 2.45) is 5.92 Å². The second-order valence-electron chi connectivity index (χ2n) is 7.40. The normalized spacial score (nSPS) is 23.8. The Balaban J connectivity index is 0.00000196. The Morgan fingerprint density at radius 3 is 2.58 bits per heavy atom. The van der Waals surface area contributed by atoms with Gasteiger partial charge < -0.3 is 15.5 Å². The topological polar surface area (TPSA) is 44.4 Å². The number of hydrogen-bond acceptors (Lipinski definition) is 3. The van der Waals surface area contributed by atoms with Crippen LogP contribution in [0.25, 0.3) is 10.8 Å². The third-order valence-corrected chi connectivity index (χ3v) is 5.69. The van der Waals surface area contributed by atoms with Crippen molar-refractivity contribution >= 4 is 29.1 Å². The minimum absolute atomic E-state index is 0. The maximum Gasteiger partial charge on any atom is 0.225 e. The van der Waals surface area contributed by atoms with Crippen LogP contribution in [-0.4, -0.2) is 43.0 Å². The molecule has 1 heterocycles. The second kappa shape index (κ2) is 8.38. The number of nitrogens with one attached hydrogen (secondary N) is 2. The molecule has 4 nitrogen and oxygen atoms in total. The zero-order valence-corrected chi connectivity index (χ0v) is 16.1. The van der Waals surface area contributed by atoms with Crippen LogP contribution < -0.4 is 10.6 Å². The largest absolute Gasteiger partial charge is 0.340 e. The van der Waals surface area contributed by atoms with Gasteiger partial charge >= 0.3 is 0 Å². The van der Waals surface area contributed by atoms with E-state index in [4.69, 9.17) is 0 Å².